The van der Waals surface area contributed by atoms with Crippen molar-refractivity contribution in [1.29, 1.82) is 0 Å². The van der Waals surface area contributed by atoms with Crippen molar-refractivity contribution in [2.24, 2.45) is 5.73 Å². The molecule has 1 aromatic carbocycles. The fraction of sp³-hybridized carbons (Fsp3) is 0.333. The third-order valence-corrected chi connectivity index (χ3v) is 1.79. The predicted molar refractivity (Wildman–Crippen MR) is 43.9 cm³/mol. The minimum atomic E-state index is -0.196. The average Bonchev–Trinajstić information content (AvgIpc) is 2.05. The summed E-state index contributed by atoms with van der Waals surface area (Å²) in [5.74, 6) is 0.119. The lowest BCUT2D eigenvalue weighted by Crippen LogP contribution is -2.08. The van der Waals surface area contributed by atoms with E-state index in [4.69, 9.17) is 5.73 Å². The summed E-state index contributed by atoms with van der Waals surface area (Å²) in [7, 11) is 0. The van der Waals surface area contributed by atoms with Crippen molar-refractivity contribution in [3.8, 4) is 0 Å². The SMILES string of the molecule is C[C@@H](CN)c1ccc(F)cc1. The molecule has 2 heteroatoms. The molecule has 0 aliphatic carbocycles. The predicted octanol–water partition coefficient (Wildman–Crippen LogP) is 1.89. The Kier molecular flexibility index (Phi) is 2.60. The number of halogens is 1. The van der Waals surface area contributed by atoms with E-state index in [1.54, 1.807) is 12.1 Å². The second kappa shape index (κ2) is 3.49. The number of hydrogen-bond donors (Lipinski definition) is 1. The Bertz CT molecular complexity index is 218. The summed E-state index contributed by atoms with van der Waals surface area (Å²) in [4.78, 5) is 0. The Morgan fingerprint density at radius 1 is 1.36 bits per heavy atom. The molecule has 0 aliphatic rings. The van der Waals surface area contributed by atoms with Gasteiger partial charge in [0.05, 0.1) is 0 Å². The van der Waals surface area contributed by atoms with E-state index in [0.717, 1.165) is 5.56 Å². The van der Waals surface area contributed by atoms with E-state index in [9.17, 15) is 4.39 Å². The van der Waals surface area contributed by atoms with E-state index < -0.39 is 0 Å². The number of hydrogen-bond acceptors (Lipinski definition) is 1. The lowest BCUT2D eigenvalue weighted by Gasteiger charge is -2.07. The quantitative estimate of drug-likeness (QED) is 0.689. The van der Waals surface area contributed by atoms with Gasteiger partial charge in [-0.15, -0.1) is 0 Å². The van der Waals surface area contributed by atoms with E-state index in [1.807, 2.05) is 6.92 Å². The first-order chi connectivity index (χ1) is 5.24. The molecule has 1 rings (SSSR count). The van der Waals surface area contributed by atoms with Crippen molar-refractivity contribution in [3.63, 3.8) is 0 Å². The number of rotatable bonds is 2. The Hall–Kier alpha value is -0.890. The van der Waals surface area contributed by atoms with E-state index in [2.05, 4.69) is 0 Å². The molecule has 1 aromatic rings. The van der Waals surface area contributed by atoms with Crippen LogP contribution in [0, 0.1) is 5.82 Å². The smallest absolute Gasteiger partial charge is 0.123 e. The van der Waals surface area contributed by atoms with Gasteiger partial charge in [-0.3, -0.25) is 0 Å². The van der Waals surface area contributed by atoms with Gasteiger partial charge in [-0.05, 0) is 30.2 Å². The van der Waals surface area contributed by atoms with E-state index >= 15 is 0 Å². The fourth-order valence-electron chi connectivity index (χ4n) is 0.927. The fourth-order valence-corrected chi connectivity index (χ4v) is 0.927. The van der Waals surface area contributed by atoms with Gasteiger partial charge in [0, 0.05) is 0 Å². The summed E-state index contributed by atoms with van der Waals surface area (Å²) < 4.78 is 12.4. The molecule has 0 amide bonds. The molecule has 0 aliphatic heterocycles. The van der Waals surface area contributed by atoms with Crippen LogP contribution in [-0.4, -0.2) is 6.54 Å². The maximum atomic E-state index is 12.4. The number of nitrogens with two attached hydrogens (primary N) is 1. The van der Waals surface area contributed by atoms with Gasteiger partial charge < -0.3 is 5.73 Å². The summed E-state index contributed by atoms with van der Waals surface area (Å²) in [5, 5.41) is 0. The second-order valence-corrected chi connectivity index (χ2v) is 2.69. The van der Waals surface area contributed by atoms with Crippen molar-refractivity contribution in [1.82, 2.24) is 0 Å². The van der Waals surface area contributed by atoms with E-state index in [1.165, 1.54) is 12.1 Å². The van der Waals surface area contributed by atoms with Gasteiger partial charge in [-0.25, -0.2) is 4.39 Å². The van der Waals surface area contributed by atoms with Gasteiger partial charge >= 0.3 is 0 Å². The minimum absolute atomic E-state index is 0.196. The number of benzene rings is 1. The van der Waals surface area contributed by atoms with Gasteiger partial charge in [-0.1, -0.05) is 19.1 Å². The van der Waals surface area contributed by atoms with Crippen LogP contribution in [0.4, 0.5) is 4.39 Å². The van der Waals surface area contributed by atoms with Crippen LogP contribution in [0.1, 0.15) is 18.4 Å². The average molecular weight is 153 g/mol. The van der Waals surface area contributed by atoms with Crippen LogP contribution < -0.4 is 5.73 Å². The summed E-state index contributed by atoms with van der Waals surface area (Å²) in [6.07, 6.45) is 0. The topological polar surface area (TPSA) is 26.0 Å². The maximum absolute atomic E-state index is 12.4. The zero-order valence-corrected chi connectivity index (χ0v) is 6.55. The van der Waals surface area contributed by atoms with Crippen LogP contribution in [0.5, 0.6) is 0 Å². The molecule has 1 atom stereocenters. The molecular formula is C9H12FN. The highest BCUT2D eigenvalue weighted by Crippen LogP contribution is 2.13. The van der Waals surface area contributed by atoms with Crippen LogP contribution in [0.25, 0.3) is 0 Å². The third kappa shape index (κ3) is 2.02. The van der Waals surface area contributed by atoms with Crippen molar-refractivity contribution < 1.29 is 4.39 Å². The summed E-state index contributed by atoms with van der Waals surface area (Å²) in [6.45, 7) is 2.62. The Balaban J connectivity index is 2.81. The van der Waals surface area contributed by atoms with Crippen molar-refractivity contribution in [3.05, 3.63) is 35.6 Å². The standard InChI is InChI=1S/C9H12FN/c1-7(6-11)8-2-4-9(10)5-3-8/h2-5,7H,6,11H2,1H3/t7-/m0/s1. The normalized spacial score (nSPS) is 13.0. The highest BCUT2D eigenvalue weighted by Gasteiger charge is 2.01. The van der Waals surface area contributed by atoms with Crippen LogP contribution in [0.2, 0.25) is 0 Å². The molecule has 0 saturated heterocycles. The molecule has 0 unspecified atom stereocenters. The highest BCUT2D eigenvalue weighted by molar-refractivity contribution is 5.19. The Morgan fingerprint density at radius 3 is 2.36 bits per heavy atom. The highest BCUT2D eigenvalue weighted by atomic mass is 19.1. The molecule has 0 saturated carbocycles. The van der Waals surface area contributed by atoms with Crippen molar-refractivity contribution in [2.75, 3.05) is 6.54 Å². The van der Waals surface area contributed by atoms with Crippen molar-refractivity contribution in [2.45, 2.75) is 12.8 Å². The monoisotopic (exact) mass is 153 g/mol. The van der Waals surface area contributed by atoms with Gasteiger partial charge in [0.1, 0.15) is 5.82 Å². The largest absolute Gasteiger partial charge is 0.330 e. The molecule has 1 nitrogen and oxygen atoms in total. The molecule has 60 valence electrons. The Morgan fingerprint density at radius 2 is 1.91 bits per heavy atom. The molecule has 0 radical (unpaired) electrons. The first-order valence-corrected chi connectivity index (χ1v) is 3.69. The third-order valence-electron chi connectivity index (χ3n) is 1.79. The molecule has 0 spiro atoms. The minimum Gasteiger partial charge on any atom is -0.330 e. The zero-order valence-electron chi connectivity index (χ0n) is 6.55. The molecule has 11 heavy (non-hydrogen) atoms. The molecule has 0 bridgehead atoms. The van der Waals surface area contributed by atoms with Crippen molar-refractivity contribution >= 4 is 0 Å². The van der Waals surface area contributed by atoms with Gasteiger partial charge in [0.25, 0.3) is 0 Å². The molecular weight excluding hydrogens is 141 g/mol. The first kappa shape index (κ1) is 8.21. The van der Waals surface area contributed by atoms with Gasteiger partial charge in [0.15, 0.2) is 0 Å². The molecule has 0 fully saturated rings. The Labute approximate surface area is 66.0 Å². The van der Waals surface area contributed by atoms with Crippen LogP contribution in [-0.2, 0) is 0 Å². The molecule has 2 N–H and O–H groups in total. The van der Waals surface area contributed by atoms with Crippen LogP contribution in [0.3, 0.4) is 0 Å². The summed E-state index contributed by atoms with van der Waals surface area (Å²) in [5.41, 5.74) is 6.54. The van der Waals surface area contributed by atoms with Gasteiger partial charge in [-0.2, -0.15) is 0 Å². The lowest BCUT2D eigenvalue weighted by atomic mass is 10.0. The van der Waals surface area contributed by atoms with E-state index in [-0.39, 0.29) is 5.82 Å². The van der Waals surface area contributed by atoms with Crippen LogP contribution >= 0.6 is 0 Å². The summed E-state index contributed by atoms with van der Waals surface area (Å²) >= 11 is 0. The zero-order chi connectivity index (χ0) is 8.27. The summed E-state index contributed by atoms with van der Waals surface area (Å²) in [6, 6.07) is 6.46. The van der Waals surface area contributed by atoms with Gasteiger partial charge in [0.2, 0.25) is 0 Å². The van der Waals surface area contributed by atoms with E-state index in [0.29, 0.717) is 12.5 Å². The lowest BCUT2D eigenvalue weighted by molar-refractivity contribution is 0.625. The van der Waals surface area contributed by atoms with Crippen LogP contribution in [0.15, 0.2) is 24.3 Å². The second-order valence-electron chi connectivity index (χ2n) is 2.69. The molecule has 0 aromatic heterocycles. The first-order valence-electron chi connectivity index (χ1n) is 3.69. The molecule has 0 heterocycles. The maximum Gasteiger partial charge on any atom is 0.123 e.